The molecule has 0 aromatic carbocycles. The van der Waals surface area contributed by atoms with E-state index in [9.17, 15) is 9.90 Å². The fourth-order valence-electron chi connectivity index (χ4n) is 5.45. The third-order valence-corrected chi connectivity index (χ3v) is 7.47. The van der Waals surface area contributed by atoms with Gasteiger partial charge < -0.3 is 5.11 Å². The highest BCUT2D eigenvalue weighted by atomic mass is 16.4. The lowest BCUT2D eigenvalue weighted by Gasteiger charge is -2.26. The Balaban J connectivity index is 2.22. The zero-order valence-corrected chi connectivity index (χ0v) is 19.9. The van der Waals surface area contributed by atoms with Crippen molar-refractivity contribution in [3.05, 3.63) is 0 Å². The highest BCUT2D eigenvalue weighted by Gasteiger charge is 2.22. The van der Waals surface area contributed by atoms with Gasteiger partial charge in [-0.15, -0.1) is 0 Å². The molecule has 1 rings (SSSR count). The third kappa shape index (κ3) is 13.4. The van der Waals surface area contributed by atoms with Gasteiger partial charge in [0, 0.05) is 0 Å². The minimum Gasteiger partial charge on any atom is -0.481 e. The van der Waals surface area contributed by atoms with Gasteiger partial charge in [-0.05, 0) is 24.7 Å². The van der Waals surface area contributed by atoms with E-state index in [-0.39, 0.29) is 5.92 Å². The van der Waals surface area contributed by atoms with Crippen molar-refractivity contribution < 1.29 is 9.90 Å². The Labute approximate surface area is 182 Å². The molecule has 0 heterocycles. The van der Waals surface area contributed by atoms with Crippen molar-refractivity contribution in [3.63, 3.8) is 0 Å². The smallest absolute Gasteiger partial charge is 0.306 e. The summed E-state index contributed by atoms with van der Waals surface area (Å²) in [5.41, 5.74) is 0. The molecule has 0 bridgehead atoms. The van der Waals surface area contributed by atoms with E-state index in [4.69, 9.17) is 0 Å². The molecule has 29 heavy (non-hydrogen) atoms. The fraction of sp³-hybridized carbons (Fsp3) is 0.963. The molecule has 2 heteroatoms. The number of hydrogen-bond donors (Lipinski definition) is 1. The maximum absolute atomic E-state index is 11.4. The first-order valence-electron chi connectivity index (χ1n) is 13.4. The molecule has 1 saturated carbocycles. The quantitative estimate of drug-likeness (QED) is 0.291. The second-order valence-electron chi connectivity index (χ2n) is 9.86. The van der Waals surface area contributed by atoms with E-state index in [2.05, 4.69) is 13.8 Å². The Morgan fingerprint density at radius 3 is 1.76 bits per heavy atom. The van der Waals surface area contributed by atoms with E-state index < -0.39 is 5.97 Å². The van der Waals surface area contributed by atoms with Gasteiger partial charge in [-0.3, -0.25) is 4.79 Å². The number of carboxylic acids is 1. The maximum atomic E-state index is 11.4. The number of carbonyl (C=O) groups is 1. The van der Waals surface area contributed by atoms with Gasteiger partial charge in [-0.1, -0.05) is 136 Å². The van der Waals surface area contributed by atoms with Crippen LogP contribution in [0.2, 0.25) is 0 Å². The summed E-state index contributed by atoms with van der Waals surface area (Å²) >= 11 is 0. The zero-order chi connectivity index (χ0) is 21.2. The lowest BCUT2D eigenvalue weighted by molar-refractivity contribution is -0.142. The van der Waals surface area contributed by atoms with Crippen LogP contribution >= 0.6 is 0 Å². The molecule has 0 radical (unpaired) electrons. The van der Waals surface area contributed by atoms with E-state index in [1.807, 2.05) is 0 Å². The van der Waals surface area contributed by atoms with Crippen LogP contribution in [0.3, 0.4) is 0 Å². The van der Waals surface area contributed by atoms with E-state index in [1.54, 1.807) is 0 Å². The normalized spacial score (nSPS) is 22.7. The van der Waals surface area contributed by atoms with Crippen molar-refractivity contribution >= 4 is 5.97 Å². The minimum absolute atomic E-state index is 0.0832. The maximum Gasteiger partial charge on any atom is 0.306 e. The van der Waals surface area contributed by atoms with Crippen LogP contribution in [-0.2, 0) is 4.79 Å². The Bertz CT molecular complexity index is 379. The molecule has 3 unspecified atom stereocenters. The monoisotopic (exact) mass is 408 g/mol. The summed E-state index contributed by atoms with van der Waals surface area (Å²) in [6.07, 6.45) is 27.6. The predicted octanol–water partition coefficient (Wildman–Crippen LogP) is 9.17. The molecule has 0 amide bonds. The Morgan fingerprint density at radius 1 is 0.724 bits per heavy atom. The van der Waals surface area contributed by atoms with Crippen LogP contribution in [0.4, 0.5) is 0 Å². The van der Waals surface area contributed by atoms with E-state index in [1.165, 1.54) is 109 Å². The topological polar surface area (TPSA) is 37.3 Å². The van der Waals surface area contributed by atoms with Gasteiger partial charge in [-0.2, -0.15) is 0 Å². The highest BCUT2D eigenvalue weighted by Crippen LogP contribution is 2.33. The number of rotatable bonds is 14. The van der Waals surface area contributed by atoms with Gasteiger partial charge in [0.1, 0.15) is 0 Å². The first-order chi connectivity index (χ1) is 14.2. The third-order valence-electron chi connectivity index (χ3n) is 7.47. The summed E-state index contributed by atoms with van der Waals surface area (Å²) in [7, 11) is 0. The van der Waals surface area contributed by atoms with Gasteiger partial charge >= 0.3 is 5.97 Å². The molecule has 0 spiro atoms. The van der Waals surface area contributed by atoms with Gasteiger partial charge in [0.25, 0.3) is 0 Å². The average molecular weight is 409 g/mol. The van der Waals surface area contributed by atoms with Gasteiger partial charge in [0.15, 0.2) is 0 Å². The molecule has 1 N–H and O–H groups in total. The average Bonchev–Trinajstić information content (AvgIpc) is 2.77. The van der Waals surface area contributed by atoms with Crippen LogP contribution in [0.15, 0.2) is 0 Å². The molecule has 0 aromatic rings. The lowest BCUT2D eigenvalue weighted by atomic mass is 9.79. The largest absolute Gasteiger partial charge is 0.481 e. The summed E-state index contributed by atoms with van der Waals surface area (Å²) in [5, 5.41) is 9.39. The van der Waals surface area contributed by atoms with Crippen molar-refractivity contribution in [3.8, 4) is 0 Å². The molecular formula is C27H52O2. The zero-order valence-electron chi connectivity index (χ0n) is 19.9. The Hall–Kier alpha value is -0.530. The SMILES string of the molecule is CCCCCCCCCCCCC(CC)C1CCCCCC(C(=O)O)CCCC1. The molecule has 2 nitrogen and oxygen atoms in total. The van der Waals surface area contributed by atoms with Crippen LogP contribution in [0.25, 0.3) is 0 Å². The van der Waals surface area contributed by atoms with Gasteiger partial charge in [0.05, 0.1) is 5.92 Å². The second kappa shape index (κ2) is 18.3. The summed E-state index contributed by atoms with van der Waals surface area (Å²) in [4.78, 5) is 11.4. The van der Waals surface area contributed by atoms with Crippen LogP contribution in [0.1, 0.15) is 149 Å². The van der Waals surface area contributed by atoms with Crippen LogP contribution in [0.5, 0.6) is 0 Å². The molecular weight excluding hydrogens is 356 g/mol. The summed E-state index contributed by atoms with van der Waals surface area (Å²) in [5.74, 6) is 1.15. The lowest BCUT2D eigenvalue weighted by Crippen LogP contribution is -2.15. The number of unbranched alkanes of at least 4 members (excludes halogenated alkanes) is 9. The Morgan fingerprint density at radius 2 is 1.21 bits per heavy atom. The first kappa shape index (κ1) is 26.5. The van der Waals surface area contributed by atoms with E-state index >= 15 is 0 Å². The van der Waals surface area contributed by atoms with E-state index in [0.717, 1.165) is 37.5 Å². The molecule has 0 aromatic heterocycles. The molecule has 1 aliphatic carbocycles. The molecule has 0 saturated heterocycles. The Kier molecular flexibility index (Phi) is 16.7. The van der Waals surface area contributed by atoms with Crippen molar-refractivity contribution in [2.45, 2.75) is 149 Å². The summed E-state index contributed by atoms with van der Waals surface area (Å²) in [6.45, 7) is 4.69. The number of hydrogen-bond acceptors (Lipinski definition) is 1. The molecule has 172 valence electrons. The predicted molar refractivity (Wildman–Crippen MR) is 126 cm³/mol. The number of aliphatic carboxylic acids is 1. The van der Waals surface area contributed by atoms with Gasteiger partial charge in [0.2, 0.25) is 0 Å². The summed E-state index contributed by atoms with van der Waals surface area (Å²) in [6, 6.07) is 0. The molecule has 1 aliphatic rings. The van der Waals surface area contributed by atoms with E-state index in [0.29, 0.717) is 0 Å². The molecule has 0 aliphatic heterocycles. The van der Waals surface area contributed by atoms with Crippen LogP contribution < -0.4 is 0 Å². The van der Waals surface area contributed by atoms with Crippen molar-refractivity contribution in [1.82, 2.24) is 0 Å². The van der Waals surface area contributed by atoms with Crippen molar-refractivity contribution in [2.75, 3.05) is 0 Å². The van der Waals surface area contributed by atoms with Crippen LogP contribution in [0, 0.1) is 17.8 Å². The highest BCUT2D eigenvalue weighted by molar-refractivity contribution is 5.69. The van der Waals surface area contributed by atoms with Crippen molar-refractivity contribution in [2.24, 2.45) is 17.8 Å². The summed E-state index contributed by atoms with van der Waals surface area (Å²) < 4.78 is 0. The standard InChI is InChI=1S/C27H52O2/c1-3-5-6-7-8-9-10-11-12-14-19-24(4-2)25-20-15-13-16-22-26(27(28)29)23-18-17-21-25/h24-26H,3-23H2,1-2H3,(H,28,29). The molecule has 3 atom stereocenters. The first-order valence-corrected chi connectivity index (χ1v) is 13.4. The minimum atomic E-state index is -0.562. The second-order valence-corrected chi connectivity index (χ2v) is 9.86. The fourth-order valence-corrected chi connectivity index (χ4v) is 5.45. The number of carboxylic acid groups (broad SMARTS) is 1. The van der Waals surface area contributed by atoms with Crippen molar-refractivity contribution in [1.29, 1.82) is 0 Å². The van der Waals surface area contributed by atoms with Crippen LogP contribution in [-0.4, -0.2) is 11.1 Å². The molecule has 1 fully saturated rings. The van der Waals surface area contributed by atoms with Gasteiger partial charge in [-0.25, -0.2) is 0 Å².